The summed E-state index contributed by atoms with van der Waals surface area (Å²) < 4.78 is 10.4. The fourth-order valence-electron chi connectivity index (χ4n) is 2.51. The van der Waals surface area contributed by atoms with Gasteiger partial charge in [-0.05, 0) is 5.56 Å². The van der Waals surface area contributed by atoms with Gasteiger partial charge in [0.25, 0.3) is 0 Å². The van der Waals surface area contributed by atoms with E-state index in [4.69, 9.17) is 9.47 Å². The molecule has 0 spiro atoms. The number of alkyl carbamates (subject to hydrolysis) is 1. The molecule has 0 aliphatic carbocycles. The van der Waals surface area contributed by atoms with Crippen LogP contribution in [0.1, 0.15) is 12.0 Å². The molecule has 0 bridgehead atoms. The van der Waals surface area contributed by atoms with E-state index in [1.54, 1.807) is 4.90 Å². The Morgan fingerprint density at radius 1 is 1.40 bits per heavy atom. The van der Waals surface area contributed by atoms with Crippen LogP contribution in [0, 0.1) is 0 Å². The molecule has 2 aliphatic heterocycles. The number of rotatable bonds is 2. The summed E-state index contributed by atoms with van der Waals surface area (Å²) in [7, 11) is 0. The quantitative estimate of drug-likeness (QED) is 0.889. The molecular formula is C14H16N2O4. The minimum atomic E-state index is -0.403. The van der Waals surface area contributed by atoms with E-state index in [-0.39, 0.29) is 24.8 Å². The third-order valence-electron chi connectivity index (χ3n) is 3.57. The molecule has 2 fully saturated rings. The average Bonchev–Trinajstić information content (AvgIpc) is 2.85. The normalized spacial score (nSPS) is 24.6. The van der Waals surface area contributed by atoms with Crippen molar-refractivity contribution in [3.63, 3.8) is 0 Å². The number of amides is 2. The molecule has 0 saturated carbocycles. The van der Waals surface area contributed by atoms with Crippen LogP contribution in [0.4, 0.5) is 9.59 Å². The lowest BCUT2D eigenvalue weighted by molar-refractivity contribution is 0.0567. The van der Waals surface area contributed by atoms with Crippen molar-refractivity contribution in [3.05, 3.63) is 35.9 Å². The van der Waals surface area contributed by atoms with Crippen LogP contribution < -0.4 is 5.32 Å². The first-order chi connectivity index (χ1) is 9.72. The van der Waals surface area contributed by atoms with Crippen LogP contribution in [0.2, 0.25) is 0 Å². The molecule has 0 aromatic heterocycles. The highest BCUT2D eigenvalue weighted by molar-refractivity contribution is 5.71. The van der Waals surface area contributed by atoms with Crippen molar-refractivity contribution in [2.75, 3.05) is 13.1 Å². The predicted molar refractivity (Wildman–Crippen MR) is 70.0 cm³/mol. The second kappa shape index (κ2) is 5.40. The number of nitrogens with one attached hydrogen (secondary N) is 1. The number of piperidine rings is 1. The van der Waals surface area contributed by atoms with Gasteiger partial charge in [-0.25, -0.2) is 9.59 Å². The lowest BCUT2D eigenvalue weighted by atomic mass is 10.0. The Balaban J connectivity index is 1.52. The van der Waals surface area contributed by atoms with E-state index < -0.39 is 6.09 Å². The largest absolute Gasteiger partial charge is 0.445 e. The van der Waals surface area contributed by atoms with Crippen LogP contribution in [0.25, 0.3) is 0 Å². The van der Waals surface area contributed by atoms with Gasteiger partial charge in [0, 0.05) is 19.5 Å². The molecule has 2 atom stereocenters. The Morgan fingerprint density at radius 3 is 3.00 bits per heavy atom. The van der Waals surface area contributed by atoms with Crippen molar-refractivity contribution in [1.29, 1.82) is 0 Å². The number of carbonyl (C=O) groups excluding carboxylic acids is 2. The van der Waals surface area contributed by atoms with Gasteiger partial charge in [0.2, 0.25) is 0 Å². The Kier molecular flexibility index (Phi) is 3.45. The molecule has 1 aromatic rings. The minimum absolute atomic E-state index is 0.124. The van der Waals surface area contributed by atoms with Gasteiger partial charge in [0.05, 0.1) is 6.04 Å². The van der Waals surface area contributed by atoms with E-state index in [2.05, 4.69) is 5.32 Å². The fraction of sp³-hybridized carbons (Fsp3) is 0.429. The Labute approximate surface area is 116 Å². The Morgan fingerprint density at radius 2 is 2.20 bits per heavy atom. The highest BCUT2D eigenvalue weighted by Gasteiger charge is 2.40. The molecular weight excluding hydrogens is 260 g/mol. The first-order valence-corrected chi connectivity index (χ1v) is 6.65. The molecule has 1 aromatic carbocycles. The molecule has 106 valence electrons. The van der Waals surface area contributed by atoms with Crippen molar-refractivity contribution in [3.8, 4) is 0 Å². The topological polar surface area (TPSA) is 67.9 Å². The molecule has 6 nitrogen and oxygen atoms in total. The van der Waals surface area contributed by atoms with Gasteiger partial charge in [0.15, 0.2) is 0 Å². The van der Waals surface area contributed by atoms with E-state index >= 15 is 0 Å². The van der Waals surface area contributed by atoms with E-state index in [0.717, 1.165) is 5.56 Å². The fourth-order valence-corrected chi connectivity index (χ4v) is 2.51. The van der Waals surface area contributed by atoms with Crippen molar-refractivity contribution in [1.82, 2.24) is 10.2 Å². The summed E-state index contributed by atoms with van der Waals surface area (Å²) in [5, 5.41) is 2.70. The Hall–Kier alpha value is -2.24. The van der Waals surface area contributed by atoms with Gasteiger partial charge < -0.3 is 19.7 Å². The van der Waals surface area contributed by atoms with Crippen LogP contribution in [0.15, 0.2) is 30.3 Å². The zero-order chi connectivity index (χ0) is 13.9. The van der Waals surface area contributed by atoms with Gasteiger partial charge >= 0.3 is 12.2 Å². The van der Waals surface area contributed by atoms with E-state index in [0.29, 0.717) is 19.5 Å². The molecule has 2 amide bonds. The molecule has 2 saturated heterocycles. The SMILES string of the molecule is O=C1N[C@H]2CN(C(=O)OCc3ccccc3)CC[C@H]2O1. The van der Waals surface area contributed by atoms with E-state index in [1.807, 2.05) is 30.3 Å². The summed E-state index contributed by atoms with van der Waals surface area (Å²) >= 11 is 0. The number of nitrogens with zero attached hydrogens (tertiary/aromatic N) is 1. The maximum absolute atomic E-state index is 12.0. The standard InChI is InChI=1S/C14H16N2O4/c17-13-15-11-8-16(7-6-12(11)20-13)14(18)19-9-10-4-2-1-3-5-10/h1-5,11-12H,6-9H2,(H,15,17)/t11-,12+/m0/s1. The Bertz CT molecular complexity index is 505. The van der Waals surface area contributed by atoms with Crippen LogP contribution in [0.3, 0.4) is 0 Å². The summed E-state index contributed by atoms with van der Waals surface area (Å²) in [6, 6.07) is 9.41. The maximum Gasteiger partial charge on any atom is 0.410 e. The van der Waals surface area contributed by atoms with Gasteiger partial charge in [-0.1, -0.05) is 30.3 Å². The first-order valence-electron chi connectivity index (χ1n) is 6.65. The number of hydrogen-bond acceptors (Lipinski definition) is 4. The zero-order valence-corrected chi connectivity index (χ0v) is 11.0. The number of fused-ring (bicyclic) bond motifs is 1. The molecule has 2 aliphatic rings. The first kappa shape index (κ1) is 12.8. The van der Waals surface area contributed by atoms with Crippen molar-refractivity contribution in [2.24, 2.45) is 0 Å². The maximum atomic E-state index is 12.0. The summed E-state index contributed by atoms with van der Waals surface area (Å²) in [5.41, 5.74) is 0.952. The highest BCUT2D eigenvalue weighted by Crippen LogP contribution is 2.20. The predicted octanol–water partition coefficient (Wildman–Crippen LogP) is 1.51. The van der Waals surface area contributed by atoms with Crippen LogP contribution >= 0.6 is 0 Å². The average molecular weight is 276 g/mol. The third-order valence-corrected chi connectivity index (χ3v) is 3.57. The summed E-state index contributed by atoms with van der Waals surface area (Å²) in [5.74, 6) is 0. The summed E-state index contributed by atoms with van der Waals surface area (Å²) in [6.45, 7) is 1.24. The van der Waals surface area contributed by atoms with Crippen LogP contribution in [-0.2, 0) is 16.1 Å². The summed E-state index contributed by atoms with van der Waals surface area (Å²) in [4.78, 5) is 24.7. The van der Waals surface area contributed by atoms with E-state index in [9.17, 15) is 9.59 Å². The smallest absolute Gasteiger partial charge is 0.410 e. The lowest BCUT2D eigenvalue weighted by Crippen LogP contribution is -2.51. The molecule has 0 radical (unpaired) electrons. The highest BCUT2D eigenvalue weighted by atomic mass is 16.6. The van der Waals surface area contributed by atoms with Gasteiger partial charge in [0.1, 0.15) is 12.7 Å². The minimum Gasteiger partial charge on any atom is -0.445 e. The monoisotopic (exact) mass is 276 g/mol. The number of benzene rings is 1. The van der Waals surface area contributed by atoms with Gasteiger partial charge in [-0.2, -0.15) is 0 Å². The van der Waals surface area contributed by atoms with Gasteiger partial charge in [-0.3, -0.25) is 0 Å². The number of hydrogen-bond donors (Lipinski definition) is 1. The van der Waals surface area contributed by atoms with Crippen molar-refractivity contribution >= 4 is 12.2 Å². The molecule has 1 N–H and O–H groups in total. The van der Waals surface area contributed by atoms with Crippen molar-refractivity contribution < 1.29 is 19.1 Å². The molecule has 3 rings (SSSR count). The van der Waals surface area contributed by atoms with Crippen molar-refractivity contribution in [2.45, 2.75) is 25.2 Å². The number of likely N-dealkylation sites (tertiary alicyclic amines) is 1. The molecule has 20 heavy (non-hydrogen) atoms. The molecule has 6 heteroatoms. The van der Waals surface area contributed by atoms with Crippen LogP contribution in [-0.4, -0.2) is 42.3 Å². The van der Waals surface area contributed by atoms with Gasteiger partial charge in [-0.15, -0.1) is 0 Å². The zero-order valence-electron chi connectivity index (χ0n) is 11.0. The lowest BCUT2D eigenvalue weighted by Gasteiger charge is -2.32. The second-order valence-corrected chi connectivity index (χ2v) is 4.97. The van der Waals surface area contributed by atoms with Crippen LogP contribution in [0.5, 0.6) is 0 Å². The summed E-state index contributed by atoms with van der Waals surface area (Å²) in [6.07, 6.45) is -0.238. The van der Waals surface area contributed by atoms with E-state index in [1.165, 1.54) is 0 Å². The third kappa shape index (κ3) is 2.68. The molecule has 0 unspecified atom stereocenters. The number of ether oxygens (including phenoxy) is 2. The molecule has 2 heterocycles. The second-order valence-electron chi connectivity index (χ2n) is 4.97. The number of carbonyl (C=O) groups is 2.